The van der Waals surface area contributed by atoms with E-state index in [1.807, 2.05) is 30.3 Å². The van der Waals surface area contributed by atoms with E-state index in [2.05, 4.69) is 5.32 Å². The molecule has 0 aliphatic carbocycles. The van der Waals surface area contributed by atoms with Gasteiger partial charge in [0, 0.05) is 6.42 Å². The number of benzene rings is 3. The van der Waals surface area contributed by atoms with E-state index < -0.39 is 18.1 Å². The predicted molar refractivity (Wildman–Crippen MR) is 114 cm³/mol. The molecule has 0 aliphatic heterocycles. The maximum atomic E-state index is 12.1. The van der Waals surface area contributed by atoms with Gasteiger partial charge in [-0.05, 0) is 47.5 Å². The monoisotopic (exact) mass is 421 g/mol. The van der Waals surface area contributed by atoms with E-state index in [1.165, 1.54) is 19.2 Å². The first-order chi connectivity index (χ1) is 15.0. The Bertz CT molecular complexity index is 987. The van der Waals surface area contributed by atoms with Gasteiger partial charge in [-0.3, -0.25) is 0 Å². The zero-order valence-electron chi connectivity index (χ0n) is 17.0. The first kappa shape index (κ1) is 21.7. The molecular weight excluding hydrogens is 398 g/mol. The highest BCUT2D eigenvalue weighted by Gasteiger charge is 2.22. The van der Waals surface area contributed by atoms with Crippen LogP contribution in [0.1, 0.15) is 11.1 Å². The number of phenols is 1. The van der Waals surface area contributed by atoms with Gasteiger partial charge in [0.05, 0.1) is 7.11 Å². The molecule has 0 heterocycles. The predicted octanol–water partition coefficient (Wildman–Crippen LogP) is 4.20. The summed E-state index contributed by atoms with van der Waals surface area (Å²) in [6, 6.07) is 21.8. The van der Waals surface area contributed by atoms with E-state index in [4.69, 9.17) is 14.2 Å². The maximum absolute atomic E-state index is 12.1. The number of aromatic hydroxyl groups is 1. The van der Waals surface area contributed by atoms with Gasteiger partial charge in [0.1, 0.15) is 29.9 Å². The minimum Gasteiger partial charge on any atom is -0.508 e. The number of nitrogens with one attached hydrogen (secondary N) is 1. The number of carbonyl (C=O) groups excluding carboxylic acids is 2. The normalized spacial score (nSPS) is 11.3. The molecular formula is C24H23NO6. The van der Waals surface area contributed by atoms with Gasteiger partial charge in [0.25, 0.3) is 0 Å². The van der Waals surface area contributed by atoms with Crippen molar-refractivity contribution in [3.8, 4) is 17.2 Å². The molecule has 31 heavy (non-hydrogen) atoms. The van der Waals surface area contributed by atoms with Crippen LogP contribution in [0.5, 0.6) is 17.2 Å². The average Bonchev–Trinajstić information content (AvgIpc) is 2.80. The van der Waals surface area contributed by atoms with Crippen molar-refractivity contribution in [3.63, 3.8) is 0 Å². The molecule has 1 amide bonds. The zero-order chi connectivity index (χ0) is 22.1. The van der Waals surface area contributed by atoms with Gasteiger partial charge in [-0.2, -0.15) is 0 Å². The highest BCUT2D eigenvalue weighted by molar-refractivity contribution is 5.81. The molecule has 1 atom stereocenters. The molecule has 3 rings (SSSR count). The Kier molecular flexibility index (Phi) is 7.48. The van der Waals surface area contributed by atoms with Crippen LogP contribution in [0.4, 0.5) is 4.79 Å². The molecule has 0 aliphatic rings. The number of alkyl carbamates (subject to hydrolysis) is 1. The Labute approximate surface area is 180 Å². The summed E-state index contributed by atoms with van der Waals surface area (Å²) in [5, 5.41) is 11.9. The molecule has 0 spiro atoms. The molecule has 7 heteroatoms. The quantitative estimate of drug-likeness (QED) is 0.530. The van der Waals surface area contributed by atoms with Crippen LogP contribution < -0.4 is 10.1 Å². The fourth-order valence-corrected chi connectivity index (χ4v) is 2.82. The summed E-state index contributed by atoms with van der Waals surface area (Å²) in [6.45, 7) is 0.101. The number of amides is 1. The third-order valence-corrected chi connectivity index (χ3v) is 4.43. The molecule has 0 fully saturated rings. The number of hydrogen-bond donors (Lipinski definition) is 2. The standard InChI is InChI=1S/C24H23NO6/c1-29-23(27)22(25-24(28)30-16-18-5-3-2-4-6-18)15-17-7-11-20(12-8-17)31-21-13-9-19(26)10-14-21/h2-14,22,26H,15-16H2,1H3,(H,25,28). The van der Waals surface area contributed by atoms with Crippen LogP contribution in [0.3, 0.4) is 0 Å². The van der Waals surface area contributed by atoms with Crippen molar-refractivity contribution in [1.82, 2.24) is 5.32 Å². The van der Waals surface area contributed by atoms with Crippen LogP contribution in [0.15, 0.2) is 78.9 Å². The van der Waals surface area contributed by atoms with Crippen molar-refractivity contribution < 1.29 is 28.9 Å². The third kappa shape index (κ3) is 6.78. The number of methoxy groups -OCH3 is 1. The summed E-state index contributed by atoms with van der Waals surface area (Å²) in [5.74, 6) is 0.771. The lowest BCUT2D eigenvalue weighted by Gasteiger charge is -2.17. The molecule has 2 N–H and O–H groups in total. The fraction of sp³-hybridized carbons (Fsp3) is 0.167. The van der Waals surface area contributed by atoms with Crippen LogP contribution in [-0.2, 0) is 27.3 Å². The molecule has 1 unspecified atom stereocenters. The lowest BCUT2D eigenvalue weighted by molar-refractivity contribution is -0.143. The zero-order valence-corrected chi connectivity index (χ0v) is 17.0. The SMILES string of the molecule is COC(=O)C(Cc1ccc(Oc2ccc(O)cc2)cc1)NC(=O)OCc1ccccc1. The van der Waals surface area contributed by atoms with Crippen LogP contribution >= 0.6 is 0 Å². The van der Waals surface area contributed by atoms with Gasteiger partial charge in [-0.15, -0.1) is 0 Å². The van der Waals surface area contributed by atoms with Crippen molar-refractivity contribution in [1.29, 1.82) is 0 Å². The first-order valence-electron chi connectivity index (χ1n) is 9.64. The first-order valence-corrected chi connectivity index (χ1v) is 9.64. The number of esters is 1. The summed E-state index contributed by atoms with van der Waals surface area (Å²) in [4.78, 5) is 24.3. The molecule has 0 saturated carbocycles. The lowest BCUT2D eigenvalue weighted by atomic mass is 10.1. The van der Waals surface area contributed by atoms with Crippen molar-refractivity contribution in [2.75, 3.05) is 7.11 Å². The molecule has 160 valence electrons. The number of rotatable bonds is 8. The Morgan fingerprint density at radius 3 is 2.10 bits per heavy atom. The second-order valence-corrected chi connectivity index (χ2v) is 6.73. The van der Waals surface area contributed by atoms with Crippen LogP contribution in [0.2, 0.25) is 0 Å². The summed E-state index contributed by atoms with van der Waals surface area (Å²) < 4.78 is 15.7. The second kappa shape index (κ2) is 10.7. The highest BCUT2D eigenvalue weighted by Crippen LogP contribution is 2.24. The van der Waals surface area contributed by atoms with E-state index >= 15 is 0 Å². The molecule has 3 aromatic carbocycles. The number of hydrogen-bond acceptors (Lipinski definition) is 6. The topological polar surface area (TPSA) is 94.1 Å². The van der Waals surface area contributed by atoms with E-state index in [-0.39, 0.29) is 18.8 Å². The number of carbonyl (C=O) groups is 2. The van der Waals surface area contributed by atoms with Crippen LogP contribution in [0, 0.1) is 0 Å². The van der Waals surface area contributed by atoms with Gasteiger partial charge < -0.3 is 24.6 Å². The third-order valence-electron chi connectivity index (χ3n) is 4.43. The smallest absolute Gasteiger partial charge is 0.408 e. The molecule has 7 nitrogen and oxygen atoms in total. The maximum Gasteiger partial charge on any atom is 0.408 e. The van der Waals surface area contributed by atoms with Gasteiger partial charge in [-0.25, -0.2) is 9.59 Å². The Morgan fingerprint density at radius 1 is 0.871 bits per heavy atom. The van der Waals surface area contributed by atoms with Crippen molar-refractivity contribution >= 4 is 12.1 Å². The van der Waals surface area contributed by atoms with Crippen molar-refractivity contribution in [2.24, 2.45) is 0 Å². The second-order valence-electron chi connectivity index (χ2n) is 6.73. The van der Waals surface area contributed by atoms with Gasteiger partial charge >= 0.3 is 12.1 Å². The number of phenolic OH excluding ortho intramolecular Hbond substituents is 1. The molecule has 0 aromatic heterocycles. The number of ether oxygens (including phenoxy) is 3. The van der Waals surface area contributed by atoms with Crippen molar-refractivity contribution in [3.05, 3.63) is 90.0 Å². The van der Waals surface area contributed by atoms with E-state index in [1.54, 1.807) is 36.4 Å². The summed E-state index contributed by atoms with van der Waals surface area (Å²) in [7, 11) is 1.26. The minimum atomic E-state index is -0.892. The minimum absolute atomic E-state index is 0.101. The lowest BCUT2D eigenvalue weighted by Crippen LogP contribution is -2.43. The molecule has 3 aromatic rings. The largest absolute Gasteiger partial charge is 0.508 e. The summed E-state index contributed by atoms with van der Waals surface area (Å²) in [6.07, 6.45) is -0.474. The van der Waals surface area contributed by atoms with E-state index in [9.17, 15) is 14.7 Å². The average molecular weight is 421 g/mol. The Balaban J connectivity index is 1.57. The van der Waals surface area contributed by atoms with Crippen molar-refractivity contribution in [2.45, 2.75) is 19.1 Å². The Hall–Kier alpha value is -4.00. The van der Waals surface area contributed by atoms with Gasteiger partial charge in [0.15, 0.2) is 0 Å². The summed E-state index contributed by atoms with van der Waals surface area (Å²) >= 11 is 0. The van der Waals surface area contributed by atoms with Crippen LogP contribution in [-0.4, -0.2) is 30.3 Å². The molecule has 0 bridgehead atoms. The highest BCUT2D eigenvalue weighted by atomic mass is 16.6. The van der Waals surface area contributed by atoms with E-state index in [0.29, 0.717) is 11.5 Å². The van der Waals surface area contributed by atoms with Crippen LogP contribution in [0.25, 0.3) is 0 Å². The molecule has 0 radical (unpaired) electrons. The van der Waals surface area contributed by atoms with Gasteiger partial charge in [0.2, 0.25) is 0 Å². The van der Waals surface area contributed by atoms with E-state index in [0.717, 1.165) is 11.1 Å². The fourth-order valence-electron chi connectivity index (χ4n) is 2.82. The summed E-state index contributed by atoms with van der Waals surface area (Å²) in [5.41, 5.74) is 1.65. The van der Waals surface area contributed by atoms with Gasteiger partial charge in [-0.1, -0.05) is 42.5 Å². The molecule has 0 saturated heterocycles. The Morgan fingerprint density at radius 2 is 1.48 bits per heavy atom.